The SMILES string of the molecule is CN(C)C(=O)[C@H]1CCc2c(sc3ncnc(Nc4cc5cn[nH]c5cc4OC4CCOCC4)c23)C1. The summed E-state index contributed by atoms with van der Waals surface area (Å²) in [6.07, 6.45) is 7.68. The molecule has 0 radical (unpaired) electrons. The number of carbonyl (C=O) groups is 1. The molecule has 0 bridgehead atoms. The Hall–Kier alpha value is -3.24. The molecule has 3 aromatic heterocycles. The molecule has 1 saturated heterocycles. The molecule has 9 nitrogen and oxygen atoms in total. The van der Waals surface area contributed by atoms with Gasteiger partial charge in [0.2, 0.25) is 5.91 Å². The molecule has 182 valence electrons. The van der Waals surface area contributed by atoms with Gasteiger partial charge in [-0.25, -0.2) is 9.97 Å². The summed E-state index contributed by atoms with van der Waals surface area (Å²) in [4.78, 5) is 25.6. The van der Waals surface area contributed by atoms with E-state index in [1.165, 1.54) is 10.4 Å². The molecule has 4 heterocycles. The van der Waals surface area contributed by atoms with E-state index in [1.807, 2.05) is 32.4 Å². The van der Waals surface area contributed by atoms with Crippen LogP contribution in [0.5, 0.6) is 5.75 Å². The molecule has 1 atom stereocenters. The zero-order valence-electron chi connectivity index (χ0n) is 19.8. The Kier molecular flexibility index (Phi) is 5.77. The lowest BCUT2D eigenvalue weighted by atomic mass is 9.87. The zero-order valence-corrected chi connectivity index (χ0v) is 20.7. The van der Waals surface area contributed by atoms with E-state index in [9.17, 15) is 4.79 Å². The summed E-state index contributed by atoms with van der Waals surface area (Å²) in [7, 11) is 3.65. The van der Waals surface area contributed by atoms with Crippen LogP contribution in [0.1, 0.15) is 29.7 Å². The average molecular weight is 493 g/mol. The number of aromatic nitrogens is 4. The fourth-order valence-electron chi connectivity index (χ4n) is 5.05. The standard InChI is InChI=1S/C25H28N6O3S/c1-31(2)25(32)14-3-4-17-21(10-14)35-24-22(17)23(26-13-27-24)29-19-9-15-12-28-30-18(15)11-20(19)34-16-5-7-33-8-6-16/h9,11-14,16H,3-8,10H2,1-2H3,(H,28,30)(H,26,27,29)/t14-/m0/s1. The van der Waals surface area contributed by atoms with Crippen LogP contribution < -0.4 is 10.1 Å². The van der Waals surface area contributed by atoms with Crippen LogP contribution in [0.4, 0.5) is 11.5 Å². The van der Waals surface area contributed by atoms with E-state index in [4.69, 9.17) is 9.47 Å². The average Bonchev–Trinajstić information content (AvgIpc) is 3.48. The van der Waals surface area contributed by atoms with Gasteiger partial charge in [0, 0.05) is 49.2 Å². The predicted octanol–water partition coefficient (Wildman–Crippen LogP) is 4.06. The fraction of sp³-hybridized carbons (Fsp3) is 0.440. The first-order valence-electron chi connectivity index (χ1n) is 12.0. The highest BCUT2D eigenvalue weighted by atomic mass is 32.1. The van der Waals surface area contributed by atoms with Gasteiger partial charge >= 0.3 is 0 Å². The van der Waals surface area contributed by atoms with Gasteiger partial charge in [0.15, 0.2) is 0 Å². The Labute approximate surface area is 206 Å². The number of benzene rings is 1. The van der Waals surface area contributed by atoms with Crippen molar-refractivity contribution in [3.05, 3.63) is 35.1 Å². The van der Waals surface area contributed by atoms with E-state index in [0.29, 0.717) is 13.2 Å². The molecular formula is C25H28N6O3S. The number of amides is 1. The number of carbonyl (C=O) groups excluding carboxylic acids is 1. The van der Waals surface area contributed by atoms with Crippen LogP contribution >= 0.6 is 11.3 Å². The van der Waals surface area contributed by atoms with Gasteiger partial charge in [-0.3, -0.25) is 9.89 Å². The molecule has 6 rings (SSSR count). The van der Waals surface area contributed by atoms with Crippen LogP contribution in [0.25, 0.3) is 21.1 Å². The largest absolute Gasteiger partial charge is 0.488 e. The zero-order chi connectivity index (χ0) is 23.9. The number of H-pyrrole nitrogens is 1. The summed E-state index contributed by atoms with van der Waals surface area (Å²) in [5.74, 6) is 1.75. The number of anilines is 2. The third kappa shape index (κ3) is 4.21. The monoisotopic (exact) mass is 492 g/mol. The van der Waals surface area contributed by atoms with E-state index >= 15 is 0 Å². The van der Waals surface area contributed by atoms with Crippen LogP contribution in [0.2, 0.25) is 0 Å². The van der Waals surface area contributed by atoms with Crippen molar-refractivity contribution in [2.24, 2.45) is 5.92 Å². The first-order chi connectivity index (χ1) is 17.1. The number of fused-ring (bicyclic) bond motifs is 4. The lowest BCUT2D eigenvalue weighted by molar-refractivity contribution is -0.133. The first kappa shape index (κ1) is 22.2. The summed E-state index contributed by atoms with van der Waals surface area (Å²) in [5.41, 5.74) is 3.03. The van der Waals surface area contributed by atoms with Gasteiger partial charge in [0.25, 0.3) is 0 Å². The Bertz CT molecular complexity index is 1390. The highest BCUT2D eigenvalue weighted by molar-refractivity contribution is 7.19. The lowest BCUT2D eigenvalue weighted by Crippen LogP contribution is -2.32. The van der Waals surface area contributed by atoms with Gasteiger partial charge in [-0.2, -0.15) is 5.10 Å². The number of rotatable bonds is 5. The number of nitrogens with zero attached hydrogens (tertiary/aromatic N) is 4. The van der Waals surface area contributed by atoms with Crippen LogP contribution in [0, 0.1) is 5.92 Å². The van der Waals surface area contributed by atoms with Gasteiger partial charge in [0.05, 0.1) is 36.0 Å². The molecule has 0 spiro atoms. The maximum absolute atomic E-state index is 12.6. The normalized spacial score (nSPS) is 18.5. The van der Waals surface area contributed by atoms with E-state index in [0.717, 1.165) is 70.5 Å². The molecule has 0 saturated carbocycles. The fourth-order valence-corrected chi connectivity index (χ4v) is 6.32. The van der Waals surface area contributed by atoms with Crippen molar-refractivity contribution in [3.8, 4) is 5.75 Å². The number of hydrogen-bond donors (Lipinski definition) is 2. The van der Waals surface area contributed by atoms with Crippen molar-refractivity contribution in [2.75, 3.05) is 32.6 Å². The van der Waals surface area contributed by atoms with Crippen molar-refractivity contribution < 1.29 is 14.3 Å². The molecule has 1 aliphatic carbocycles. The van der Waals surface area contributed by atoms with Crippen molar-refractivity contribution >= 4 is 49.9 Å². The number of aromatic amines is 1. The third-order valence-corrected chi connectivity index (χ3v) is 8.05. The smallest absolute Gasteiger partial charge is 0.225 e. The minimum absolute atomic E-state index is 0.0258. The van der Waals surface area contributed by atoms with Gasteiger partial charge in [-0.1, -0.05) is 0 Å². The Balaban J connectivity index is 1.36. The molecule has 2 aliphatic rings. The van der Waals surface area contributed by atoms with Gasteiger partial charge in [0.1, 0.15) is 28.8 Å². The van der Waals surface area contributed by atoms with Gasteiger partial charge in [-0.15, -0.1) is 11.3 Å². The topological polar surface area (TPSA) is 105 Å². The van der Waals surface area contributed by atoms with E-state index in [2.05, 4.69) is 25.5 Å². The van der Waals surface area contributed by atoms with Crippen molar-refractivity contribution in [1.82, 2.24) is 25.1 Å². The maximum atomic E-state index is 12.6. The number of aryl methyl sites for hydroxylation is 1. The number of hydrogen-bond acceptors (Lipinski definition) is 8. The van der Waals surface area contributed by atoms with Crippen molar-refractivity contribution in [2.45, 2.75) is 38.2 Å². The van der Waals surface area contributed by atoms with Crippen LogP contribution in [-0.2, 0) is 22.4 Å². The van der Waals surface area contributed by atoms with Crippen molar-refractivity contribution in [1.29, 1.82) is 0 Å². The summed E-state index contributed by atoms with van der Waals surface area (Å²) < 4.78 is 11.9. The third-order valence-electron chi connectivity index (χ3n) is 6.89. The minimum Gasteiger partial charge on any atom is -0.488 e. The molecule has 2 N–H and O–H groups in total. The van der Waals surface area contributed by atoms with Crippen LogP contribution in [0.3, 0.4) is 0 Å². The van der Waals surface area contributed by atoms with Crippen LogP contribution in [0.15, 0.2) is 24.7 Å². The number of thiophene rings is 1. The second-order valence-corrected chi connectivity index (χ2v) is 10.5. The molecule has 4 aromatic rings. The second kappa shape index (κ2) is 9.09. The molecule has 10 heteroatoms. The minimum atomic E-state index is 0.0258. The summed E-state index contributed by atoms with van der Waals surface area (Å²) in [5, 5.41) is 12.8. The summed E-state index contributed by atoms with van der Waals surface area (Å²) in [6, 6.07) is 4.05. The quantitative estimate of drug-likeness (QED) is 0.433. The first-order valence-corrected chi connectivity index (χ1v) is 12.8. The predicted molar refractivity (Wildman–Crippen MR) is 135 cm³/mol. The van der Waals surface area contributed by atoms with E-state index < -0.39 is 0 Å². The van der Waals surface area contributed by atoms with E-state index in [1.54, 1.807) is 22.6 Å². The molecular weight excluding hydrogens is 464 g/mol. The Morgan fingerprint density at radius 1 is 1.23 bits per heavy atom. The maximum Gasteiger partial charge on any atom is 0.225 e. The number of ether oxygens (including phenoxy) is 2. The Morgan fingerprint density at radius 2 is 2.09 bits per heavy atom. The second-order valence-electron chi connectivity index (χ2n) is 9.44. The molecule has 1 fully saturated rings. The van der Waals surface area contributed by atoms with E-state index in [-0.39, 0.29) is 17.9 Å². The molecule has 0 unspecified atom stereocenters. The number of nitrogens with one attached hydrogen (secondary N) is 2. The molecule has 35 heavy (non-hydrogen) atoms. The van der Waals surface area contributed by atoms with Gasteiger partial charge in [-0.05, 0) is 30.9 Å². The Morgan fingerprint density at radius 3 is 2.91 bits per heavy atom. The van der Waals surface area contributed by atoms with Crippen LogP contribution in [-0.4, -0.2) is 64.4 Å². The highest BCUT2D eigenvalue weighted by Crippen LogP contribution is 2.42. The molecule has 1 amide bonds. The molecule has 1 aromatic carbocycles. The van der Waals surface area contributed by atoms with Crippen molar-refractivity contribution in [3.63, 3.8) is 0 Å². The summed E-state index contributed by atoms with van der Waals surface area (Å²) in [6.45, 7) is 1.43. The summed E-state index contributed by atoms with van der Waals surface area (Å²) >= 11 is 1.67. The highest BCUT2D eigenvalue weighted by Gasteiger charge is 2.30. The lowest BCUT2D eigenvalue weighted by Gasteiger charge is -2.25. The molecule has 1 aliphatic heterocycles. The van der Waals surface area contributed by atoms with Gasteiger partial charge < -0.3 is 19.7 Å².